The Morgan fingerprint density at radius 2 is 1.56 bits per heavy atom. The van der Waals surface area contributed by atoms with Gasteiger partial charge in [-0.1, -0.05) is 44.6 Å². The fourth-order valence-corrected chi connectivity index (χ4v) is 6.98. The molecule has 0 atom stereocenters. The number of hydrogen-bond donors (Lipinski definition) is 0. The zero-order chi connectivity index (χ0) is 22.6. The Hall–Kier alpha value is -2.09. The lowest BCUT2D eigenvalue weighted by molar-refractivity contribution is -0.141. The van der Waals surface area contributed by atoms with E-state index in [1.807, 2.05) is 4.90 Å². The first-order valence-corrected chi connectivity index (χ1v) is 13.7. The first-order chi connectivity index (χ1) is 15.5. The number of benzene rings is 1. The van der Waals surface area contributed by atoms with E-state index in [0.29, 0.717) is 18.7 Å². The van der Waals surface area contributed by atoms with E-state index < -0.39 is 16.0 Å². The van der Waals surface area contributed by atoms with Crippen LogP contribution in [0.5, 0.6) is 0 Å². The van der Waals surface area contributed by atoms with E-state index in [9.17, 15) is 18.0 Å². The van der Waals surface area contributed by atoms with Crippen molar-refractivity contribution in [1.82, 2.24) is 4.90 Å². The first kappa shape index (κ1) is 23.1. The van der Waals surface area contributed by atoms with Crippen molar-refractivity contribution < 1.29 is 22.7 Å². The molecule has 0 N–H and O–H groups in total. The molecular weight excluding hydrogens is 428 g/mol. The molecule has 7 nitrogen and oxygen atoms in total. The molecule has 0 bridgehead atoms. The second kappa shape index (κ2) is 10.2. The number of amides is 1. The summed E-state index contributed by atoms with van der Waals surface area (Å²) in [7, 11) is -3.32. The summed E-state index contributed by atoms with van der Waals surface area (Å²) in [6.45, 7) is 0.148. The van der Waals surface area contributed by atoms with Crippen molar-refractivity contribution in [2.24, 2.45) is 0 Å². The highest BCUT2D eigenvalue weighted by Crippen LogP contribution is 2.30. The van der Waals surface area contributed by atoms with Gasteiger partial charge in [0.25, 0.3) is 5.91 Å². The largest absolute Gasteiger partial charge is 0.452 e. The quantitative estimate of drug-likeness (QED) is 0.599. The van der Waals surface area contributed by atoms with Crippen molar-refractivity contribution in [3.8, 4) is 0 Å². The van der Waals surface area contributed by atoms with Gasteiger partial charge in [0.05, 0.1) is 17.0 Å². The van der Waals surface area contributed by atoms with Crippen LogP contribution in [0.2, 0.25) is 0 Å². The molecular formula is C24H34N2O5S. The van der Waals surface area contributed by atoms with Gasteiger partial charge in [-0.25, -0.2) is 13.2 Å². The molecule has 4 rings (SSSR count). The number of carbonyl (C=O) groups is 2. The monoisotopic (exact) mass is 462 g/mol. The average Bonchev–Trinajstić information content (AvgIpc) is 3.18. The van der Waals surface area contributed by atoms with Crippen LogP contribution in [-0.4, -0.2) is 56.2 Å². The number of sulfonamides is 1. The Kier molecular flexibility index (Phi) is 7.38. The second-order valence-corrected chi connectivity index (χ2v) is 11.3. The van der Waals surface area contributed by atoms with Crippen molar-refractivity contribution in [2.45, 2.75) is 82.7 Å². The van der Waals surface area contributed by atoms with Crippen LogP contribution in [0.3, 0.4) is 0 Å². The summed E-state index contributed by atoms with van der Waals surface area (Å²) < 4.78 is 31.1. The molecule has 3 fully saturated rings. The average molecular weight is 463 g/mol. The van der Waals surface area contributed by atoms with E-state index in [-0.39, 0.29) is 35.9 Å². The van der Waals surface area contributed by atoms with Crippen molar-refractivity contribution >= 4 is 27.6 Å². The third-order valence-electron chi connectivity index (χ3n) is 7.02. The van der Waals surface area contributed by atoms with E-state index >= 15 is 0 Å². The molecule has 0 spiro atoms. The number of anilines is 1. The number of ether oxygens (including phenoxy) is 1. The third kappa shape index (κ3) is 5.27. The summed E-state index contributed by atoms with van der Waals surface area (Å²) in [4.78, 5) is 27.9. The lowest BCUT2D eigenvalue weighted by Gasteiger charge is -2.41. The van der Waals surface area contributed by atoms with Crippen LogP contribution >= 0.6 is 0 Å². The molecule has 1 amide bonds. The molecule has 32 heavy (non-hydrogen) atoms. The topological polar surface area (TPSA) is 84.0 Å². The Morgan fingerprint density at radius 1 is 0.938 bits per heavy atom. The second-order valence-electron chi connectivity index (χ2n) is 9.25. The summed E-state index contributed by atoms with van der Waals surface area (Å²) in [5, 5.41) is 0. The molecule has 1 aliphatic heterocycles. The van der Waals surface area contributed by atoms with Gasteiger partial charge in [-0.05, 0) is 50.3 Å². The van der Waals surface area contributed by atoms with Gasteiger partial charge < -0.3 is 9.64 Å². The number of carbonyl (C=O) groups excluding carboxylic acids is 2. The minimum absolute atomic E-state index is 0.101. The smallest absolute Gasteiger partial charge is 0.338 e. The maximum Gasteiger partial charge on any atom is 0.338 e. The highest BCUT2D eigenvalue weighted by Gasteiger charge is 2.33. The van der Waals surface area contributed by atoms with Crippen molar-refractivity contribution in [3.05, 3.63) is 29.8 Å². The summed E-state index contributed by atoms with van der Waals surface area (Å²) in [5.74, 6) is -0.576. The zero-order valence-corrected chi connectivity index (χ0v) is 19.5. The highest BCUT2D eigenvalue weighted by molar-refractivity contribution is 7.93. The summed E-state index contributed by atoms with van der Waals surface area (Å²) in [6.07, 6.45) is 11.7. The molecule has 2 aliphatic carbocycles. The van der Waals surface area contributed by atoms with E-state index in [1.165, 1.54) is 23.2 Å². The molecule has 8 heteroatoms. The van der Waals surface area contributed by atoms with Gasteiger partial charge >= 0.3 is 5.97 Å². The maximum atomic E-state index is 13.2. The first-order valence-electron chi connectivity index (χ1n) is 12.0. The Morgan fingerprint density at radius 3 is 2.12 bits per heavy atom. The Labute approximate surface area is 191 Å². The number of rotatable bonds is 6. The van der Waals surface area contributed by atoms with E-state index in [0.717, 1.165) is 51.4 Å². The van der Waals surface area contributed by atoms with Gasteiger partial charge in [-0.2, -0.15) is 0 Å². The van der Waals surface area contributed by atoms with Crippen LogP contribution in [0.4, 0.5) is 5.69 Å². The van der Waals surface area contributed by atoms with Gasteiger partial charge in [0.2, 0.25) is 10.0 Å². The molecule has 2 saturated carbocycles. The molecule has 1 saturated heterocycles. The molecule has 1 heterocycles. The predicted octanol–water partition coefficient (Wildman–Crippen LogP) is 3.88. The van der Waals surface area contributed by atoms with Gasteiger partial charge in [-0.15, -0.1) is 0 Å². The van der Waals surface area contributed by atoms with Crippen molar-refractivity contribution in [2.75, 3.05) is 23.2 Å². The van der Waals surface area contributed by atoms with E-state index in [1.54, 1.807) is 18.2 Å². The Bertz CT molecular complexity index is 902. The number of nitrogens with zero attached hydrogens (tertiary/aromatic N) is 2. The third-order valence-corrected chi connectivity index (χ3v) is 8.89. The van der Waals surface area contributed by atoms with Gasteiger partial charge in [-0.3, -0.25) is 9.10 Å². The lowest BCUT2D eigenvalue weighted by atomic mass is 9.88. The zero-order valence-electron chi connectivity index (χ0n) is 18.7. The minimum atomic E-state index is -3.32. The van der Waals surface area contributed by atoms with Crippen molar-refractivity contribution in [1.29, 1.82) is 0 Å². The fraction of sp³-hybridized carbons (Fsp3) is 0.667. The Balaban J connectivity index is 1.41. The van der Waals surface area contributed by atoms with E-state index in [4.69, 9.17) is 4.74 Å². The molecule has 0 unspecified atom stereocenters. The van der Waals surface area contributed by atoms with Crippen LogP contribution in [0.1, 0.15) is 81.0 Å². The van der Waals surface area contributed by atoms with Crippen LogP contribution in [-0.2, 0) is 19.6 Å². The van der Waals surface area contributed by atoms with Crippen LogP contribution in [0, 0.1) is 0 Å². The normalized spacial score (nSPS) is 21.9. The molecule has 176 valence electrons. The summed E-state index contributed by atoms with van der Waals surface area (Å²) in [5.41, 5.74) is 0.730. The molecule has 0 aromatic heterocycles. The molecule has 3 aliphatic rings. The number of hydrogen-bond acceptors (Lipinski definition) is 5. The van der Waals surface area contributed by atoms with Crippen LogP contribution < -0.4 is 4.31 Å². The maximum absolute atomic E-state index is 13.2. The molecule has 1 aromatic rings. The van der Waals surface area contributed by atoms with Crippen LogP contribution in [0.25, 0.3) is 0 Å². The van der Waals surface area contributed by atoms with E-state index in [2.05, 4.69) is 0 Å². The molecule has 0 radical (unpaired) electrons. The lowest BCUT2D eigenvalue weighted by Crippen LogP contribution is -2.50. The predicted molar refractivity (Wildman–Crippen MR) is 123 cm³/mol. The number of esters is 1. The summed E-state index contributed by atoms with van der Waals surface area (Å²) in [6, 6.07) is 6.97. The molecule has 1 aromatic carbocycles. The SMILES string of the molecule is O=C(OCC(=O)N(C1CCCCC1)C1CCCCC1)c1cccc(N2CCCS2(=O)=O)c1. The highest BCUT2D eigenvalue weighted by atomic mass is 32.2. The fourth-order valence-electron chi connectivity index (χ4n) is 5.43. The van der Waals surface area contributed by atoms with Crippen molar-refractivity contribution in [3.63, 3.8) is 0 Å². The van der Waals surface area contributed by atoms with Gasteiger partial charge in [0, 0.05) is 18.6 Å². The van der Waals surface area contributed by atoms with Gasteiger partial charge in [0.15, 0.2) is 6.61 Å². The summed E-state index contributed by atoms with van der Waals surface area (Å²) >= 11 is 0. The van der Waals surface area contributed by atoms with Crippen LogP contribution in [0.15, 0.2) is 24.3 Å². The van der Waals surface area contributed by atoms with Gasteiger partial charge in [0.1, 0.15) is 0 Å². The standard InChI is InChI=1S/C24H34N2O5S/c27-23(26(20-10-3-1-4-11-20)21-12-5-2-6-13-21)18-31-24(28)19-9-7-14-22(17-19)25-15-8-16-32(25,29)30/h7,9,14,17,20-21H,1-6,8,10-13,15-16,18H2. The minimum Gasteiger partial charge on any atom is -0.452 e.